The second kappa shape index (κ2) is 6.40. The van der Waals surface area contributed by atoms with Crippen LogP contribution in [0.25, 0.3) is 22.0 Å². The van der Waals surface area contributed by atoms with Gasteiger partial charge in [-0.15, -0.1) is 0 Å². The van der Waals surface area contributed by atoms with Crippen molar-refractivity contribution in [2.75, 3.05) is 0 Å². The zero-order chi connectivity index (χ0) is 18.2. The lowest BCUT2D eigenvalue weighted by atomic mass is 9.89. The molecule has 1 aromatic heterocycles. The summed E-state index contributed by atoms with van der Waals surface area (Å²) in [6.45, 7) is 2.19. The van der Waals surface area contributed by atoms with Crippen molar-refractivity contribution in [2.24, 2.45) is 4.99 Å². The summed E-state index contributed by atoms with van der Waals surface area (Å²) >= 11 is 0. The Balaban J connectivity index is 1.81. The molecule has 2 heteroatoms. The van der Waals surface area contributed by atoms with Gasteiger partial charge in [-0.2, -0.15) is 0 Å². The number of allylic oxidation sites excluding steroid dienone is 1. The van der Waals surface area contributed by atoms with Crippen molar-refractivity contribution in [3.8, 4) is 0 Å². The molecule has 0 radical (unpaired) electrons. The third kappa shape index (κ3) is 2.61. The third-order valence-electron chi connectivity index (χ3n) is 5.31. The fourth-order valence-electron chi connectivity index (χ4n) is 3.86. The molecule has 0 aliphatic carbocycles. The smallest absolute Gasteiger partial charge is 0.0709 e. The van der Waals surface area contributed by atoms with Crippen LogP contribution in [-0.4, -0.2) is 11.2 Å². The number of H-pyrrole nitrogens is 1. The number of nitrogens with zero attached hydrogens (tertiary/aromatic N) is 1. The summed E-state index contributed by atoms with van der Waals surface area (Å²) in [7, 11) is 0. The van der Waals surface area contributed by atoms with Crippen LogP contribution >= 0.6 is 0 Å². The van der Waals surface area contributed by atoms with Gasteiger partial charge in [0.05, 0.1) is 5.69 Å². The van der Waals surface area contributed by atoms with Crippen molar-refractivity contribution >= 4 is 34.0 Å². The first-order chi connectivity index (χ1) is 13.3. The fourth-order valence-corrected chi connectivity index (χ4v) is 3.86. The van der Waals surface area contributed by atoms with Crippen molar-refractivity contribution in [1.82, 2.24) is 4.98 Å². The molecule has 0 amide bonds. The van der Waals surface area contributed by atoms with E-state index in [0.29, 0.717) is 0 Å². The second-order valence-electron chi connectivity index (χ2n) is 6.86. The van der Waals surface area contributed by atoms with E-state index in [1.165, 1.54) is 38.8 Å². The molecule has 2 nitrogen and oxygen atoms in total. The Morgan fingerprint density at radius 3 is 2.52 bits per heavy atom. The Morgan fingerprint density at radius 2 is 1.67 bits per heavy atom. The van der Waals surface area contributed by atoms with E-state index in [9.17, 15) is 0 Å². The molecule has 0 saturated heterocycles. The average Bonchev–Trinajstić information content (AvgIpc) is 3.34. The molecule has 2 heterocycles. The van der Waals surface area contributed by atoms with Crippen LogP contribution in [-0.2, 0) is 6.42 Å². The number of nitrogens with one attached hydrogen (secondary N) is 1. The largest absolute Gasteiger partial charge is 0.361 e. The monoisotopic (exact) mass is 348 g/mol. The highest BCUT2D eigenvalue weighted by Gasteiger charge is 2.20. The van der Waals surface area contributed by atoms with E-state index < -0.39 is 0 Å². The molecule has 4 aromatic rings. The van der Waals surface area contributed by atoms with E-state index in [1.54, 1.807) is 0 Å². The maximum absolute atomic E-state index is 4.66. The molecule has 5 rings (SSSR count). The Morgan fingerprint density at radius 1 is 0.889 bits per heavy atom. The maximum Gasteiger partial charge on any atom is 0.0709 e. The van der Waals surface area contributed by atoms with E-state index in [-0.39, 0.29) is 0 Å². The molecular formula is C25H20N2. The molecule has 1 N–H and O–H groups in total. The van der Waals surface area contributed by atoms with Gasteiger partial charge in [-0.25, -0.2) is 0 Å². The lowest BCUT2D eigenvalue weighted by Crippen LogP contribution is -1.94. The van der Waals surface area contributed by atoms with Gasteiger partial charge in [0.2, 0.25) is 0 Å². The summed E-state index contributed by atoms with van der Waals surface area (Å²) < 4.78 is 0. The van der Waals surface area contributed by atoms with E-state index >= 15 is 0 Å². The minimum Gasteiger partial charge on any atom is -0.361 e. The number of para-hydroxylation sites is 2. The van der Waals surface area contributed by atoms with Crippen LogP contribution in [0.2, 0.25) is 0 Å². The molecule has 1 aliphatic rings. The Labute approximate surface area is 158 Å². The molecular weight excluding hydrogens is 328 g/mol. The van der Waals surface area contributed by atoms with Gasteiger partial charge in [-0.3, -0.25) is 4.99 Å². The second-order valence-corrected chi connectivity index (χ2v) is 6.86. The number of hydrogen-bond acceptors (Lipinski definition) is 1. The molecule has 0 unspecified atom stereocenters. The molecule has 27 heavy (non-hydrogen) atoms. The molecule has 0 saturated carbocycles. The molecule has 130 valence electrons. The fraction of sp³-hybridized carbons (Fsp3) is 0.0800. The summed E-state index contributed by atoms with van der Waals surface area (Å²) in [4.78, 5) is 8.09. The summed E-state index contributed by atoms with van der Waals surface area (Å²) in [5.74, 6) is 0. The zero-order valence-corrected chi connectivity index (χ0v) is 15.2. The maximum atomic E-state index is 4.66. The van der Waals surface area contributed by atoms with Crippen molar-refractivity contribution in [1.29, 1.82) is 0 Å². The highest BCUT2D eigenvalue weighted by molar-refractivity contribution is 6.27. The van der Waals surface area contributed by atoms with Crippen molar-refractivity contribution in [3.05, 3.63) is 101 Å². The number of aliphatic imine (C=N–C) groups is 1. The normalized spacial score (nSPS) is 14.6. The van der Waals surface area contributed by atoms with Crippen LogP contribution in [0.1, 0.15) is 29.2 Å². The number of benzene rings is 3. The third-order valence-corrected chi connectivity index (χ3v) is 5.31. The lowest BCUT2D eigenvalue weighted by molar-refractivity contribution is 1.14. The first-order valence-electron chi connectivity index (χ1n) is 9.38. The standard InChI is InChI=1S/C25H20N2/c1-2-17-11-13-18(14-12-17)25(21-15-26-23-9-5-3-7-19(21)23)22-16-27-24-10-6-4-8-20(22)24/h3-16,26H,2H2,1H3. The molecule has 1 aliphatic heterocycles. The van der Waals surface area contributed by atoms with Crippen LogP contribution in [0.15, 0.2) is 84.0 Å². The van der Waals surface area contributed by atoms with Gasteiger partial charge < -0.3 is 4.98 Å². The Hall–Kier alpha value is -3.39. The van der Waals surface area contributed by atoms with Gasteiger partial charge in [-0.05, 0) is 29.7 Å². The van der Waals surface area contributed by atoms with Gasteiger partial charge >= 0.3 is 0 Å². The molecule has 0 bridgehead atoms. The van der Waals surface area contributed by atoms with Crippen LogP contribution in [0, 0.1) is 0 Å². The van der Waals surface area contributed by atoms with Gasteiger partial charge in [-0.1, -0.05) is 67.6 Å². The van der Waals surface area contributed by atoms with E-state index in [1.807, 2.05) is 12.3 Å². The van der Waals surface area contributed by atoms with E-state index in [0.717, 1.165) is 17.6 Å². The summed E-state index contributed by atoms with van der Waals surface area (Å²) in [6, 6.07) is 25.7. The first kappa shape index (κ1) is 15.8. The van der Waals surface area contributed by atoms with Gasteiger partial charge in [0.1, 0.15) is 0 Å². The number of rotatable bonds is 3. The van der Waals surface area contributed by atoms with Gasteiger partial charge in [0.25, 0.3) is 0 Å². The number of aryl methyl sites for hydroxylation is 1. The highest BCUT2D eigenvalue weighted by Crippen LogP contribution is 2.40. The zero-order valence-electron chi connectivity index (χ0n) is 15.2. The quantitative estimate of drug-likeness (QED) is 0.443. The van der Waals surface area contributed by atoms with Crippen molar-refractivity contribution in [2.45, 2.75) is 13.3 Å². The summed E-state index contributed by atoms with van der Waals surface area (Å²) in [5.41, 5.74) is 9.57. The van der Waals surface area contributed by atoms with Crippen LogP contribution in [0.3, 0.4) is 0 Å². The number of aromatic amines is 1. The number of aromatic nitrogens is 1. The highest BCUT2D eigenvalue weighted by atomic mass is 14.8. The SMILES string of the molecule is CCc1ccc(C(=C2C=Nc3ccccc32)c2c[nH]c3ccccc23)cc1. The number of fused-ring (bicyclic) bond motifs is 2. The summed E-state index contributed by atoms with van der Waals surface area (Å²) in [6.07, 6.45) is 5.18. The minimum absolute atomic E-state index is 1.04. The molecule has 0 fully saturated rings. The van der Waals surface area contributed by atoms with Crippen LogP contribution in [0.4, 0.5) is 5.69 Å². The minimum atomic E-state index is 1.04. The predicted octanol–water partition coefficient (Wildman–Crippen LogP) is 6.41. The average molecular weight is 348 g/mol. The van der Waals surface area contributed by atoms with Crippen LogP contribution < -0.4 is 0 Å². The number of hydrogen-bond donors (Lipinski definition) is 1. The molecule has 0 atom stereocenters. The first-order valence-corrected chi connectivity index (χ1v) is 9.38. The predicted molar refractivity (Wildman–Crippen MR) is 115 cm³/mol. The van der Waals surface area contributed by atoms with E-state index in [2.05, 4.69) is 89.8 Å². The Kier molecular flexibility index (Phi) is 3.75. The Bertz CT molecular complexity index is 1190. The van der Waals surface area contributed by atoms with Crippen molar-refractivity contribution < 1.29 is 0 Å². The summed E-state index contributed by atoms with van der Waals surface area (Å²) in [5, 5.41) is 1.23. The van der Waals surface area contributed by atoms with Crippen LogP contribution in [0.5, 0.6) is 0 Å². The molecule has 0 spiro atoms. The lowest BCUT2D eigenvalue weighted by Gasteiger charge is -2.12. The van der Waals surface area contributed by atoms with Gasteiger partial charge in [0.15, 0.2) is 0 Å². The van der Waals surface area contributed by atoms with Gasteiger partial charge in [0, 0.05) is 45.6 Å². The van der Waals surface area contributed by atoms with E-state index in [4.69, 9.17) is 0 Å². The van der Waals surface area contributed by atoms with Crippen molar-refractivity contribution in [3.63, 3.8) is 0 Å². The topological polar surface area (TPSA) is 28.1 Å². The molecule has 3 aromatic carbocycles.